The van der Waals surface area contributed by atoms with Crippen LogP contribution in [0.4, 0.5) is 11.5 Å². The van der Waals surface area contributed by atoms with E-state index in [0.29, 0.717) is 5.56 Å². The summed E-state index contributed by atoms with van der Waals surface area (Å²) in [6.07, 6.45) is 4.50. The lowest BCUT2D eigenvalue weighted by Crippen LogP contribution is -2.17. The molecule has 2 heterocycles. The predicted molar refractivity (Wildman–Crippen MR) is 108 cm³/mol. The van der Waals surface area contributed by atoms with Crippen molar-refractivity contribution < 1.29 is 4.79 Å². The molecule has 4 aromatic rings. The average Bonchev–Trinajstić information content (AvgIpc) is 3.09. The first-order chi connectivity index (χ1) is 13.2. The van der Waals surface area contributed by atoms with E-state index in [4.69, 9.17) is 0 Å². The van der Waals surface area contributed by atoms with E-state index in [9.17, 15) is 4.79 Å². The highest BCUT2D eigenvalue weighted by molar-refractivity contribution is 5.88. The van der Waals surface area contributed by atoms with Gasteiger partial charge in [0.15, 0.2) is 6.29 Å². The van der Waals surface area contributed by atoms with Gasteiger partial charge in [-0.2, -0.15) is 0 Å². The van der Waals surface area contributed by atoms with Crippen LogP contribution in [-0.2, 0) is 7.05 Å². The van der Waals surface area contributed by atoms with Crippen LogP contribution in [0.5, 0.6) is 0 Å². The van der Waals surface area contributed by atoms with Crippen molar-refractivity contribution in [1.29, 1.82) is 0 Å². The Morgan fingerprint density at radius 3 is 2.74 bits per heavy atom. The summed E-state index contributed by atoms with van der Waals surface area (Å²) in [4.78, 5) is 22.5. The zero-order valence-corrected chi connectivity index (χ0v) is 15.3. The van der Waals surface area contributed by atoms with Gasteiger partial charge in [-0.1, -0.05) is 36.4 Å². The van der Waals surface area contributed by atoms with Crippen molar-refractivity contribution in [1.82, 2.24) is 14.5 Å². The van der Waals surface area contributed by atoms with Crippen molar-refractivity contribution in [2.24, 2.45) is 7.05 Å². The maximum Gasteiger partial charge on any atom is 0.150 e. The molecule has 0 bridgehead atoms. The molecule has 134 valence electrons. The van der Waals surface area contributed by atoms with E-state index in [1.54, 1.807) is 12.5 Å². The minimum absolute atomic E-state index is 0.687. The zero-order valence-electron chi connectivity index (χ0n) is 15.3. The van der Waals surface area contributed by atoms with Crippen LogP contribution >= 0.6 is 0 Å². The number of imidazole rings is 1. The van der Waals surface area contributed by atoms with Gasteiger partial charge in [0.1, 0.15) is 11.3 Å². The molecule has 0 atom stereocenters. The summed E-state index contributed by atoms with van der Waals surface area (Å²) in [5.41, 5.74) is 5.58. The highest BCUT2D eigenvalue weighted by Crippen LogP contribution is 2.30. The lowest BCUT2D eigenvalue weighted by molar-refractivity contribution is 0.112. The molecular formula is C22H20N4O. The van der Waals surface area contributed by atoms with Crippen LogP contribution in [0.2, 0.25) is 0 Å². The largest absolute Gasteiger partial charge is 0.334 e. The smallest absolute Gasteiger partial charge is 0.150 e. The minimum atomic E-state index is 0.687. The van der Waals surface area contributed by atoms with Gasteiger partial charge in [-0.05, 0) is 30.2 Å². The van der Waals surface area contributed by atoms with Gasteiger partial charge >= 0.3 is 0 Å². The number of pyridine rings is 1. The Balaban J connectivity index is 1.78. The van der Waals surface area contributed by atoms with E-state index in [0.717, 1.165) is 46.5 Å². The molecule has 2 aromatic heterocycles. The molecule has 0 saturated carbocycles. The number of rotatable bonds is 5. The number of aldehydes is 1. The number of nitrogens with zero attached hydrogens (tertiary/aromatic N) is 4. The highest BCUT2D eigenvalue weighted by Gasteiger charge is 2.13. The van der Waals surface area contributed by atoms with E-state index < -0.39 is 0 Å². The molecule has 5 nitrogen and oxygen atoms in total. The molecule has 0 fully saturated rings. The predicted octanol–water partition coefficient (Wildman–Crippen LogP) is 4.61. The summed E-state index contributed by atoms with van der Waals surface area (Å²) in [6.45, 7) is 2.87. The Kier molecular flexibility index (Phi) is 4.42. The van der Waals surface area contributed by atoms with E-state index in [1.807, 2.05) is 48.0 Å². The third kappa shape index (κ3) is 3.08. The van der Waals surface area contributed by atoms with Crippen LogP contribution in [0.1, 0.15) is 17.3 Å². The fourth-order valence-corrected chi connectivity index (χ4v) is 3.35. The molecule has 0 spiro atoms. The Morgan fingerprint density at radius 1 is 1.07 bits per heavy atom. The quantitative estimate of drug-likeness (QED) is 0.490. The second kappa shape index (κ2) is 7.03. The van der Waals surface area contributed by atoms with Gasteiger partial charge in [0, 0.05) is 30.9 Å². The van der Waals surface area contributed by atoms with Crippen LogP contribution in [0.25, 0.3) is 22.2 Å². The first-order valence-electron chi connectivity index (χ1n) is 8.90. The monoisotopic (exact) mass is 356 g/mol. The number of fused-ring (bicyclic) bond motifs is 1. The molecule has 0 aliphatic heterocycles. The van der Waals surface area contributed by atoms with Crippen molar-refractivity contribution >= 4 is 28.8 Å². The van der Waals surface area contributed by atoms with Gasteiger partial charge in [0.05, 0.1) is 18.0 Å². The van der Waals surface area contributed by atoms with Gasteiger partial charge in [0.25, 0.3) is 0 Å². The van der Waals surface area contributed by atoms with Crippen molar-refractivity contribution in [2.75, 3.05) is 11.4 Å². The Hall–Kier alpha value is -3.47. The molecule has 27 heavy (non-hydrogen) atoms. The normalized spacial score (nSPS) is 10.9. The fourth-order valence-electron chi connectivity index (χ4n) is 3.35. The summed E-state index contributed by atoms with van der Waals surface area (Å²) >= 11 is 0. The standard InChI is InChI=1S/C22H20N4O/c1-3-26(22-12-21-20(13-23-22)24-15-25(21)2)18-9-6-8-16(11-18)19-10-5-4-7-17(19)14-27/h4-15H,3H2,1-2H3. The molecule has 0 amide bonds. The lowest BCUT2D eigenvalue weighted by Gasteiger charge is -2.23. The van der Waals surface area contributed by atoms with Crippen LogP contribution in [-0.4, -0.2) is 27.4 Å². The Morgan fingerprint density at radius 2 is 1.93 bits per heavy atom. The summed E-state index contributed by atoms with van der Waals surface area (Å²) < 4.78 is 1.99. The molecule has 0 radical (unpaired) electrons. The van der Waals surface area contributed by atoms with Crippen LogP contribution in [0, 0.1) is 0 Å². The Labute approximate surface area is 157 Å². The van der Waals surface area contributed by atoms with E-state index in [1.165, 1.54) is 0 Å². The first kappa shape index (κ1) is 17.0. The topological polar surface area (TPSA) is 51.0 Å². The second-order valence-electron chi connectivity index (χ2n) is 6.39. The fraction of sp³-hybridized carbons (Fsp3) is 0.136. The summed E-state index contributed by atoms with van der Waals surface area (Å²) in [6, 6.07) is 17.9. The number of carbonyl (C=O) groups is 1. The molecule has 0 saturated heterocycles. The van der Waals surface area contributed by atoms with Gasteiger partial charge < -0.3 is 9.47 Å². The maximum atomic E-state index is 11.4. The summed E-state index contributed by atoms with van der Waals surface area (Å²) in [5.74, 6) is 0.870. The first-order valence-corrected chi connectivity index (χ1v) is 8.90. The van der Waals surface area contributed by atoms with E-state index in [2.05, 4.69) is 40.0 Å². The number of anilines is 2. The number of carbonyl (C=O) groups excluding carboxylic acids is 1. The van der Waals surface area contributed by atoms with Crippen LogP contribution in [0.3, 0.4) is 0 Å². The number of hydrogen-bond acceptors (Lipinski definition) is 4. The third-order valence-electron chi connectivity index (χ3n) is 4.75. The van der Waals surface area contributed by atoms with Crippen molar-refractivity contribution in [2.45, 2.75) is 6.92 Å². The van der Waals surface area contributed by atoms with Crippen LogP contribution in [0.15, 0.2) is 67.1 Å². The van der Waals surface area contributed by atoms with Gasteiger partial charge in [-0.25, -0.2) is 9.97 Å². The molecule has 4 rings (SSSR count). The molecule has 2 aromatic carbocycles. The van der Waals surface area contributed by atoms with Gasteiger partial charge in [-0.3, -0.25) is 4.79 Å². The highest BCUT2D eigenvalue weighted by atomic mass is 16.1. The number of hydrogen-bond donors (Lipinski definition) is 0. The third-order valence-corrected chi connectivity index (χ3v) is 4.75. The van der Waals surface area contributed by atoms with E-state index in [-0.39, 0.29) is 0 Å². The second-order valence-corrected chi connectivity index (χ2v) is 6.39. The molecule has 0 unspecified atom stereocenters. The molecule has 0 N–H and O–H groups in total. The molecule has 5 heteroatoms. The van der Waals surface area contributed by atoms with Crippen molar-refractivity contribution in [3.05, 3.63) is 72.7 Å². The molecule has 0 aliphatic rings. The van der Waals surface area contributed by atoms with E-state index >= 15 is 0 Å². The Bertz CT molecular complexity index is 1120. The maximum absolute atomic E-state index is 11.4. The van der Waals surface area contributed by atoms with Gasteiger partial charge in [0.2, 0.25) is 0 Å². The number of aromatic nitrogens is 3. The summed E-state index contributed by atoms with van der Waals surface area (Å²) in [7, 11) is 1.98. The minimum Gasteiger partial charge on any atom is -0.334 e. The zero-order chi connectivity index (χ0) is 18.8. The molecular weight excluding hydrogens is 336 g/mol. The lowest BCUT2D eigenvalue weighted by atomic mass is 10.00. The van der Waals surface area contributed by atoms with Crippen molar-refractivity contribution in [3.8, 4) is 11.1 Å². The molecule has 0 aliphatic carbocycles. The van der Waals surface area contributed by atoms with Gasteiger partial charge in [-0.15, -0.1) is 0 Å². The van der Waals surface area contributed by atoms with Crippen LogP contribution < -0.4 is 4.90 Å². The number of aryl methyl sites for hydroxylation is 1. The number of benzene rings is 2. The van der Waals surface area contributed by atoms with Crippen molar-refractivity contribution in [3.63, 3.8) is 0 Å². The SMILES string of the molecule is CCN(c1cccc(-c2ccccc2C=O)c1)c1cc2c(cn1)ncn2C. The summed E-state index contributed by atoms with van der Waals surface area (Å²) in [5, 5.41) is 0. The average molecular weight is 356 g/mol.